The normalized spacial score (nSPS) is 10.7. The summed E-state index contributed by atoms with van der Waals surface area (Å²) < 4.78 is 10.6. The fraction of sp³-hybridized carbons (Fsp3) is 0.300. The number of para-hydroxylation sites is 1. The van der Waals surface area contributed by atoms with Crippen molar-refractivity contribution in [3.8, 4) is 6.08 Å². The number of aromatic nitrogens is 1. The lowest BCUT2D eigenvalue weighted by Crippen LogP contribution is -1.90. The highest BCUT2D eigenvalue weighted by Gasteiger charge is 2.08. The number of benzene rings is 1. The molecule has 14 heavy (non-hydrogen) atoms. The Morgan fingerprint density at radius 2 is 2.36 bits per heavy atom. The molecule has 0 saturated heterocycles. The van der Waals surface area contributed by atoms with Gasteiger partial charge in [-0.25, -0.2) is 0 Å². The average Bonchev–Trinajstić information content (AvgIpc) is 2.60. The molecule has 1 aromatic heterocycles. The van der Waals surface area contributed by atoms with Crippen LogP contribution in [0.2, 0.25) is 0 Å². The minimum Gasteiger partial charge on any atom is -0.450 e. The summed E-state index contributed by atoms with van der Waals surface area (Å²) in [7, 11) is 0. The third-order valence-electron chi connectivity index (χ3n) is 1.89. The van der Waals surface area contributed by atoms with Crippen LogP contribution in [0.25, 0.3) is 11.1 Å². The largest absolute Gasteiger partial charge is 0.450 e. The van der Waals surface area contributed by atoms with Gasteiger partial charge < -0.3 is 9.15 Å². The first-order valence-corrected chi connectivity index (χ1v) is 5.54. The number of oxazole rings is 1. The van der Waals surface area contributed by atoms with Crippen molar-refractivity contribution in [1.29, 1.82) is 0 Å². The monoisotopic (exact) mass is 255 g/mol. The molecule has 0 aliphatic rings. The summed E-state index contributed by atoms with van der Waals surface area (Å²) in [6, 6.07) is 5.84. The van der Waals surface area contributed by atoms with E-state index in [1.165, 1.54) is 0 Å². The first-order valence-electron chi connectivity index (χ1n) is 4.42. The van der Waals surface area contributed by atoms with Crippen molar-refractivity contribution in [3.63, 3.8) is 0 Å². The summed E-state index contributed by atoms with van der Waals surface area (Å²) in [5, 5.41) is 0.766. The lowest BCUT2D eigenvalue weighted by molar-refractivity contribution is 0.251. The van der Waals surface area contributed by atoms with E-state index in [9.17, 15) is 0 Å². The molecule has 0 saturated carbocycles. The number of fused-ring (bicyclic) bond motifs is 1. The van der Waals surface area contributed by atoms with Crippen molar-refractivity contribution in [2.75, 3.05) is 6.61 Å². The van der Waals surface area contributed by atoms with Crippen LogP contribution in [0.3, 0.4) is 0 Å². The standard InChI is InChI=1S/C10H10BrNO2/c1-2-13-10-12-9-7(6-11)4-3-5-8(9)14-10/h3-5H,2,6H2,1H3. The van der Waals surface area contributed by atoms with E-state index in [0.717, 1.165) is 22.0 Å². The highest BCUT2D eigenvalue weighted by atomic mass is 79.9. The Kier molecular flexibility index (Phi) is 2.72. The topological polar surface area (TPSA) is 35.3 Å². The highest BCUT2D eigenvalue weighted by molar-refractivity contribution is 9.08. The molecule has 74 valence electrons. The maximum absolute atomic E-state index is 5.40. The summed E-state index contributed by atoms with van der Waals surface area (Å²) in [4.78, 5) is 4.25. The Morgan fingerprint density at radius 3 is 3.07 bits per heavy atom. The molecule has 0 fully saturated rings. The third kappa shape index (κ3) is 1.62. The Bertz CT molecular complexity index is 439. The minimum atomic E-state index is 0.343. The van der Waals surface area contributed by atoms with Crippen molar-refractivity contribution in [2.24, 2.45) is 0 Å². The van der Waals surface area contributed by atoms with Crippen LogP contribution in [0.15, 0.2) is 22.6 Å². The zero-order valence-electron chi connectivity index (χ0n) is 7.79. The van der Waals surface area contributed by atoms with Crippen LogP contribution in [0, 0.1) is 0 Å². The third-order valence-corrected chi connectivity index (χ3v) is 2.50. The second-order valence-electron chi connectivity index (χ2n) is 2.81. The van der Waals surface area contributed by atoms with Crippen molar-refractivity contribution in [3.05, 3.63) is 23.8 Å². The van der Waals surface area contributed by atoms with Gasteiger partial charge in [-0.15, -0.1) is 0 Å². The number of hydrogen-bond acceptors (Lipinski definition) is 3. The number of nitrogens with zero attached hydrogens (tertiary/aromatic N) is 1. The van der Waals surface area contributed by atoms with E-state index in [-0.39, 0.29) is 0 Å². The molecule has 3 nitrogen and oxygen atoms in total. The predicted molar refractivity (Wildman–Crippen MR) is 57.8 cm³/mol. The van der Waals surface area contributed by atoms with Gasteiger partial charge in [-0.05, 0) is 18.6 Å². The number of alkyl halides is 1. The van der Waals surface area contributed by atoms with Crippen LogP contribution in [0.4, 0.5) is 0 Å². The fourth-order valence-electron chi connectivity index (χ4n) is 1.28. The van der Waals surface area contributed by atoms with Gasteiger partial charge in [0.05, 0.1) is 6.61 Å². The summed E-state index contributed by atoms with van der Waals surface area (Å²) in [6.45, 7) is 2.47. The first kappa shape index (κ1) is 9.52. The molecule has 0 spiro atoms. The summed E-state index contributed by atoms with van der Waals surface area (Å²) in [5.74, 6) is 0. The van der Waals surface area contributed by atoms with Crippen LogP contribution in [0.5, 0.6) is 6.08 Å². The molecule has 0 radical (unpaired) electrons. The van der Waals surface area contributed by atoms with Gasteiger partial charge >= 0.3 is 6.08 Å². The van der Waals surface area contributed by atoms with Crippen LogP contribution in [0.1, 0.15) is 12.5 Å². The van der Waals surface area contributed by atoms with Crippen molar-refractivity contribution < 1.29 is 9.15 Å². The van der Waals surface area contributed by atoms with E-state index in [1.54, 1.807) is 0 Å². The molecule has 0 amide bonds. The van der Waals surface area contributed by atoms with Gasteiger partial charge in [0.1, 0.15) is 5.52 Å². The Morgan fingerprint density at radius 1 is 1.50 bits per heavy atom. The molecule has 4 heteroatoms. The predicted octanol–water partition coefficient (Wildman–Crippen LogP) is 3.12. The maximum Gasteiger partial charge on any atom is 0.394 e. The van der Waals surface area contributed by atoms with E-state index >= 15 is 0 Å². The van der Waals surface area contributed by atoms with Gasteiger partial charge in [-0.2, -0.15) is 4.98 Å². The first-order chi connectivity index (χ1) is 6.85. The van der Waals surface area contributed by atoms with E-state index in [1.807, 2.05) is 25.1 Å². The van der Waals surface area contributed by atoms with Gasteiger partial charge in [-0.1, -0.05) is 28.1 Å². The van der Waals surface area contributed by atoms with Crippen molar-refractivity contribution in [2.45, 2.75) is 12.3 Å². The molecule has 2 aromatic rings. The Hall–Kier alpha value is -1.03. The number of hydrogen-bond donors (Lipinski definition) is 0. The van der Waals surface area contributed by atoms with Gasteiger partial charge in [0.25, 0.3) is 0 Å². The zero-order chi connectivity index (χ0) is 9.97. The Balaban J connectivity index is 2.52. The molecule has 0 aliphatic heterocycles. The minimum absolute atomic E-state index is 0.343. The second-order valence-corrected chi connectivity index (χ2v) is 3.37. The molecule has 1 aromatic carbocycles. The quantitative estimate of drug-likeness (QED) is 0.791. The lowest BCUT2D eigenvalue weighted by Gasteiger charge is -1.92. The van der Waals surface area contributed by atoms with Crippen LogP contribution in [-0.2, 0) is 5.33 Å². The summed E-state index contributed by atoms with van der Waals surface area (Å²) in [5.41, 5.74) is 2.75. The molecule has 1 heterocycles. The summed E-state index contributed by atoms with van der Waals surface area (Å²) >= 11 is 3.40. The highest BCUT2D eigenvalue weighted by Crippen LogP contribution is 2.24. The fourth-order valence-corrected chi connectivity index (χ4v) is 1.73. The number of ether oxygens (including phenoxy) is 1. The van der Waals surface area contributed by atoms with E-state index < -0.39 is 0 Å². The molecule has 0 aliphatic carbocycles. The molecule has 0 N–H and O–H groups in total. The van der Waals surface area contributed by atoms with Crippen molar-refractivity contribution >= 4 is 27.0 Å². The second kappa shape index (κ2) is 4.00. The van der Waals surface area contributed by atoms with Gasteiger partial charge in [0, 0.05) is 5.33 Å². The molecule has 0 atom stereocenters. The van der Waals surface area contributed by atoms with E-state index in [2.05, 4.69) is 20.9 Å². The van der Waals surface area contributed by atoms with E-state index in [0.29, 0.717) is 12.7 Å². The molecular formula is C10H10BrNO2. The van der Waals surface area contributed by atoms with Crippen molar-refractivity contribution in [1.82, 2.24) is 4.98 Å². The van der Waals surface area contributed by atoms with Crippen LogP contribution in [-0.4, -0.2) is 11.6 Å². The van der Waals surface area contributed by atoms with Gasteiger partial charge in [-0.3, -0.25) is 0 Å². The van der Waals surface area contributed by atoms with E-state index in [4.69, 9.17) is 9.15 Å². The molecule has 0 bridgehead atoms. The average molecular weight is 256 g/mol. The van der Waals surface area contributed by atoms with Gasteiger partial charge in [0.2, 0.25) is 0 Å². The molecule has 0 unspecified atom stereocenters. The summed E-state index contributed by atoms with van der Waals surface area (Å²) in [6.07, 6.45) is 0.343. The number of rotatable bonds is 3. The maximum atomic E-state index is 5.40. The molecule has 2 rings (SSSR count). The smallest absolute Gasteiger partial charge is 0.394 e. The van der Waals surface area contributed by atoms with Crippen LogP contribution < -0.4 is 4.74 Å². The van der Waals surface area contributed by atoms with Crippen LogP contribution >= 0.6 is 15.9 Å². The van der Waals surface area contributed by atoms with Gasteiger partial charge in [0.15, 0.2) is 5.58 Å². The SMILES string of the molecule is CCOc1nc2c(CBr)cccc2o1. The Labute approximate surface area is 90.2 Å². The lowest BCUT2D eigenvalue weighted by atomic mass is 10.2. The zero-order valence-corrected chi connectivity index (χ0v) is 9.37. The number of halogens is 1. The molecular weight excluding hydrogens is 246 g/mol.